The van der Waals surface area contributed by atoms with Crippen LogP contribution < -0.4 is 4.74 Å². The minimum Gasteiger partial charge on any atom is -0.423 e. The summed E-state index contributed by atoms with van der Waals surface area (Å²) in [6.07, 6.45) is -1.55. The third kappa shape index (κ3) is 5.70. The minimum atomic E-state index is -0.741. The van der Waals surface area contributed by atoms with Crippen molar-refractivity contribution in [2.75, 3.05) is 6.61 Å². The Hall–Kier alpha value is -2.33. The predicted molar refractivity (Wildman–Crippen MR) is 93.0 cm³/mol. The Morgan fingerprint density at radius 2 is 1.50 bits per heavy atom. The van der Waals surface area contributed by atoms with Crippen molar-refractivity contribution in [2.45, 2.75) is 33.0 Å². The van der Waals surface area contributed by atoms with Crippen LogP contribution in [-0.2, 0) is 9.47 Å². The third-order valence-electron chi connectivity index (χ3n) is 3.41. The lowest BCUT2D eigenvalue weighted by Gasteiger charge is -2.25. The van der Waals surface area contributed by atoms with Gasteiger partial charge in [0.15, 0.2) is 6.10 Å². The van der Waals surface area contributed by atoms with E-state index >= 15 is 0 Å². The lowest BCUT2D eigenvalue weighted by atomic mass is 10.1. The van der Waals surface area contributed by atoms with Crippen LogP contribution in [0.4, 0.5) is 4.79 Å². The van der Waals surface area contributed by atoms with E-state index < -0.39 is 12.3 Å². The van der Waals surface area contributed by atoms with Gasteiger partial charge in [-0.05, 0) is 30.5 Å². The molecule has 4 nitrogen and oxygen atoms in total. The number of rotatable bonds is 7. The average molecular weight is 328 g/mol. The van der Waals surface area contributed by atoms with E-state index in [1.165, 1.54) is 0 Å². The van der Waals surface area contributed by atoms with Crippen molar-refractivity contribution in [3.63, 3.8) is 0 Å². The maximum atomic E-state index is 12.1. The van der Waals surface area contributed by atoms with E-state index in [4.69, 9.17) is 14.2 Å². The molecule has 2 unspecified atom stereocenters. The predicted octanol–water partition coefficient (Wildman–Crippen LogP) is 5.00. The quantitative estimate of drug-likeness (QED) is 0.530. The van der Waals surface area contributed by atoms with Gasteiger partial charge >= 0.3 is 6.16 Å². The molecule has 0 aromatic heterocycles. The molecule has 0 bridgehead atoms. The number of carbonyl (C=O) groups is 1. The maximum absolute atomic E-state index is 12.1. The molecule has 0 heterocycles. The smallest absolute Gasteiger partial charge is 0.423 e. The van der Waals surface area contributed by atoms with Crippen molar-refractivity contribution in [1.82, 2.24) is 0 Å². The summed E-state index contributed by atoms with van der Waals surface area (Å²) in [6, 6.07) is 18.4. The molecule has 0 saturated heterocycles. The van der Waals surface area contributed by atoms with Gasteiger partial charge in [-0.3, -0.25) is 0 Å². The lowest BCUT2D eigenvalue weighted by Crippen LogP contribution is -2.27. The number of carbonyl (C=O) groups excluding carboxylic acids is 1. The molecule has 4 heteroatoms. The summed E-state index contributed by atoms with van der Waals surface area (Å²) < 4.78 is 16.6. The zero-order chi connectivity index (χ0) is 17.4. The number of benzene rings is 2. The van der Waals surface area contributed by atoms with Crippen molar-refractivity contribution in [2.24, 2.45) is 5.92 Å². The van der Waals surface area contributed by atoms with Gasteiger partial charge in [0, 0.05) is 6.61 Å². The van der Waals surface area contributed by atoms with Crippen LogP contribution in [0.2, 0.25) is 0 Å². The average Bonchev–Trinajstić information content (AvgIpc) is 2.59. The molecule has 2 aromatic carbocycles. The molecule has 0 saturated carbocycles. The number of hydrogen-bond donors (Lipinski definition) is 0. The monoisotopic (exact) mass is 328 g/mol. The largest absolute Gasteiger partial charge is 0.514 e. The summed E-state index contributed by atoms with van der Waals surface area (Å²) in [5.74, 6) is 0.852. The summed E-state index contributed by atoms with van der Waals surface area (Å²) in [6.45, 7) is 6.65. The number of para-hydroxylation sites is 1. The van der Waals surface area contributed by atoms with Crippen molar-refractivity contribution in [3.05, 3.63) is 66.2 Å². The molecular formula is C20H24O4. The number of ether oxygens (including phenoxy) is 3. The molecule has 0 aliphatic carbocycles. The standard InChI is InChI=1S/C20H24O4/c1-15(2)14-22-16(3)19(17-10-6-4-7-11-17)24-20(21)23-18-12-8-5-9-13-18/h4-13,15-16,19H,14H2,1-3H3. The van der Waals surface area contributed by atoms with Crippen molar-refractivity contribution in [3.8, 4) is 5.75 Å². The van der Waals surface area contributed by atoms with Gasteiger partial charge in [-0.25, -0.2) is 4.79 Å². The maximum Gasteiger partial charge on any atom is 0.514 e. The van der Waals surface area contributed by atoms with E-state index in [0.29, 0.717) is 18.3 Å². The van der Waals surface area contributed by atoms with Crippen LogP contribution in [0.15, 0.2) is 60.7 Å². The minimum absolute atomic E-state index is 0.280. The zero-order valence-electron chi connectivity index (χ0n) is 14.3. The van der Waals surface area contributed by atoms with Crippen LogP contribution >= 0.6 is 0 Å². The molecule has 0 radical (unpaired) electrons. The van der Waals surface area contributed by atoms with Crippen molar-refractivity contribution in [1.29, 1.82) is 0 Å². The van der Waals surface area contributed by atoms with Gasteiger partial charge < -0.3 is 14.2 Å². The summed E-state index contributed by atoms with van der Waals surface area (Å²) >= 11 is 0. The molecule has 2 atom stereocenters. The Labute approximate surface area is 143 Å². The molecule has 0 fully saturated rings. The highest BCUT2D eigenvalue weighted by atomic mass is 16.7. The first-order chi connectivity index (χ1) is 11.6. The summed E-state index contributed by atoms with van der Waals surface area (Å²) in [7, 11) is 0. The Bertz CT molecular complexity index is 610. The molecule has 0 aliphatic rings. The van der Waals surface area contributed by atoms with Crippen molar-refractivity contribution < 1.29 is 19.0 Å². The van der Waals surface area contributed by atoms with Gasteiger partial charge in [0.05, 0.1) is 6.10 Å². The molecule has 0 spiro atoms. The lowest BCUT2D eigenvalue weighted by molar-refractivity contribution is -0.0540. The summed E-state index contributed by atoms with van der Waals surface area (Å²) in [5, 5.41) is 0. The first-order valence-electron chi connectivity index (χ1n) is 8.16. The molecule has 2 rings (SSSR count). The Kier molecular flexibility index (Phi) is 6.82. The normalized spacial score (nSPS) is 13.3. The van der Waals surface area contributed by atoms with Gasteiger partial charge in [0.1, 0.15) is 5.75 Å². The van der Waals surface area contributed by atoms with E-state index in [9.17, 15) is 4.79 Å². The van der Waals surface area contributed by atoms with E-state index in [2.05, 4.69) is 13.8 Å². The van der Waals surface area contributed by atoms with Gasteiger partial charge in [-0.15, -0.1) is 0 Å². The first-order valence-corrected chi connectivity index (χ1v) is 8.16. The van der Waals surface area contributed by atoms with Gasteiger partial charge in [0.25, 0.3) is 0 Å². The fourth-order valence-electron chi connectivity index (χ4n) is 2.22. The molecular weight excluding hydrogens is 304 g/mol. The van der Waals surface area contributed by atoms with E-state index in [1.54, 1.807) is 24.3 Å². The van der Waals surface area contributed by atoms with Crippen LogP contribution in [0, 0.1) is 5.92 Å². The highest BCUT2D eigenvalue weighted by Crippen LogP contribution is 2.25. The zero-order valence-corrected chi connectivity index (χ0v) is 14.3. The Balaban J connectivity index is 2.06. The molecule has 2 aromatic rings. The van der Waals surface area contributed by atoms with E-state index in [1.807, 2.05) is 43.3 Å². The fraction of sp³-hybridized carbons (Fsp3) is 0.350. The second-order valence-corrected chi connectivity index (χ2v) is 6.05. The summed E-state index contributed by atoms with van der Waals surface area (Å²) in [5.41, 5.74) is 0.874. The molecule has 128 valence electrons. The van der Waals surface area contributed by atoms with Crippen LogP contribution in [0.3, 0.4) is 0 Å². The second-order valence-electron chi connectivity index (χ2n) is 6.05. The van der Waals surface area contributed by atoms with E-state index in [0.717, 1.165) is 5.56 Å². The van der Waals surface area contributed by atoms with Crippen LogP contribution in [0.5, 0.6) is 5.75 Å². The van der Waals surface area contributed by atoms with Gasteiger partial charge in [-0.1, -0.05) is 62.4 Å². The first kappa shape index (κ1) is 18.0. The van der Waals surface area contributed by atoms with Crippen LogP contribution in [0.25, 0.3) is 0 Å². The molecule has 0 amide bonds. The SMILES string of the molecule is CC(C)COC(C)C(OC(=O)Oc1ccccc1)c1ccccc1. The van der Waals surface area contributed by atoms with E-state index in [-0.39, 0.29) is 6.10 Å². The van der Waals surface area contributed by atoms with Gasteiger partial charge in [-0.2, -0.15) is 0 Å². The number of hydrogen-bond acceptors (Lipinski definition) is 4. The third-order valence-corrected chi connectivity index (χ3v) is 3.41. The Morgan fingerprint density at radius 3 is 2.08 bits per heavy atom. The molecule has 0 N–H and O–H groups in total. The fourth-order valence-corrected chi connectivity index (χ4v) is 2.22. The molecule has 24 heavy (non-hydrogen) atoms. The highest BCUT2D eigenvalue weighted by Gasteiger charge is 2.25. The Morgan fingerprint density at radius 1 is 0.917 bits per heavy atom. The molecule has 0 aliphatic heterocycles. The highest BCUT2D eigenvalue weighted by molar-refractivity contribution is 5.64. The second kappa shape index (κ2) is 9.08. The van der Waals surface area contributed by atoms with Crippen LogP contribution in [0.1, 0.15) is 32.4 Å². The summed E-state index contributed by atoms with van der Waals surface area (Å²) in [4.78, 5) is 12.1. The van der Waals surface area contributed by atoms with Crippen molar-refractivity contribution >= 4 is 6.16 Å². The van der Waals surface area contributed by atoms with Crippen LogP contribution in [-0.4, -0.2) is 18.9 Å². The topological polar surface area (TPSA) is 44.8 Å². The van der Waals surface area contributed by atoms with Gasteiger partial charge in [0.2, 0.25) is 0 Å².